The van der Waals surface area contributed by atoms with Crippen LogP contribution < -0.4 is 0 Å². The van der Waals surface area contributed by atoms with Gasteiger partial charge in [-0.25, -0.2) is 9.48 Å². The molecule has 9 heteroatoms. The quantitative estimate of drug-likeness (QED) is 0.337. The van der Waals surface area contributed by atoms with Crippen LogP contribution in [0.4, 0.5) is 13.2 Å². The third-order valence-corrected chi connectivity index (χ3v) is 6.58. The van der Waals surface area contributed by atoms with Crippen molar-refractivity contribution < 1.29 is 27.5 Å². The predicted octanol–water partition coefficient (Wildman–Crippen LogP) is 6.53. The third-order valence-electron chi connectivity index (χ3n) is 6.58. The first kappa shape index (κ1) is 26.4. The summed E-state index contributed by atoms with van der Waals surface area (Å²) in [7, 11) is 0. The number of hydrogen-bond donors (Lipinski definition) is 0. The molecule has 37 heavy (non-hydrogen) atoms. The number of piperidine rings is 1. The number of alkyl halides is 3. The van der Waals surface area contributed by atoms with Gasteiger partial charge in [0.15, 0.2) is 5.69 Å². The number of benzene rings is 2. The van der Waals surface area contributed by atoms with Gasteiger partial charge in [0, 0.05) is 18.2 Å². The van der Waals surface area contributed by atoms with Gasteiger partial charge < -0.3 is 9.64 Å². The fourth-order valence-electron chi connectivity index (χ4n) is 4.89. The Morgan fingerprint density at radius 1 is 1.05 bits per heavy atom. The molecule has 3 aromatic rings. The van der Waals surface area contributed by atoms with Gasteiger partial charge in [-0.3, -0.25) is 4.79 Å². The lowest BCUT2D eigenvalue weighted by molar-refractivity contribution is -0.143. The summed E-state index contributed by atoms with van der Waals surface area (Å²) < 4.78 is 47.3. The summed E-state index contributed by atoms with van der Waals surface area (Å²) in [6, 6.07) is 13.8. The van der Waals surface area contributed by atoms with Crippen LogP contribution in [0.5, 0.6) is 0 Å². The average molecular weight is 514 g/mol. The van der Waals surface area contributed by atoms with Crippen molar-refractivity contribution in [1.29, 1.82) is 0 Å². The van der Waals surface area contributed by atoms with Crippen LogP contribution in [0.25, 0.3) is 16.8 Å². The fraction of sp³-hybridized carbons (Fsp3) is 0.393. The van der Waals surface area contributed by atoms with E-state index in [-0.39, 0.29) is 24.2 Å². The lowest BCUT2D eigenvalue weighted by atomic mass is 9.96. The number of likely N-dealkylation sites (tertiary alicyclic amines) is 1. The number of halogens is 3. The van der Waals surface area contributed by atoms with Gasteiger partial charge in [0.05, 0.1) is 18.5 Å². The molecule has 6 nitrogen and oxygen atoms in total. The van der Waals surface area contributed by atoms with Crippen LogP contribution in [-0.2, 0) is 10.9 Å². The van der Waals surface area contributed by atoms with Crippen molar-refractivity contribution in [3.8, 4) is 16.8 Å². The molecule has 1 aromatic heterocycles. The maximum atomic E-state index is 13.9. The van der Waals surface area contributed by atoms with Gasteiger partial charge in [0.25, 0.3) is 5.91 Å². The Hall–Kier alpha value is -3.62. The zero-order valence-electron chi connectivity index (χ0n) is 20.9. The number of ether oxygens (including phenoxy) is 1. The SMILES string of the molecule is CCCC1CCCCN1C(=O)c1cccc(-c2cccc(-n3ncc(C(=O)OCC)c3C(F)(F)F)c2)c1. The molecule has 0 spiro atoms. The molecular weight excluding hydrogens is 483 g/mol. The summed E-state index contributed by atoms with van der Waals surface area (Å²) in [5.41, 5.74) is 0.164. The zero-order valence-corrected chi connectivity index (χ0v) is 20.9. The second-order valence-corrected chi connectivity index (χ2v) is 9.10. The molecule has 1 atom stereocenters. The number of aromatic nitrogens is 2. The number of nitrogens with zero attached hydrogens (tertiary/aromatic N) is 3. The summed E-state index contributed by atoms with van der Waals surface area (Å²) in [6.07, 6.45) is 1.11. The van der Waals surface area contributed by atoms with Crippen LogP contribution in [0.2, 0.25) is 0 Å². The Bertz CT molecular complexity index is 1270. The summed E-state index contributed by atoms with van der Waals surface area (Å²) in [6.45, 7) is 4.31. The van der Waals surface area contributed by atoms with E-state index >= 15 is 0 Å². The number of hydrogen-bond acceptors (Lipinski definition) is 4. The minimum atomic E-state index is -4.83. The van der Waals surface area contributed by atoms with E-state index in [4.69, 9.17) is 4.74 Å². The molecule has 0 N–H and O–H groups in total. The van der Waals surface area contributed by atoms with Gasteiger partial charge in [-0.05, 0) is 68.0 Å². The second kappa shape index (κ2) is 11.2. The Kier molecular flexibility index (Phi) is 8.00. The lowest BCUT2D eigenvalue weighted by Gasteiger charge is -2.36. The first-order valence-corrected chi connectivity index (χ1v) is 12.6. The van der Waals surface area contributed by atoms with E-state index < -0.39 is 23.4 Å². The average Bonchev–Trinajstić information content (AvgIpc) is 3.36. The maximum absolute atomic E-state index is 13.9. The monoisotopic (exact) mass is 513 g/mol. The number of carbonyl (C=O) groups is 2. The first-order valence-electron chi connectivity index (χ1n) is 12.6. The Morgan fingerprint density at radius 3 is 2.49 bits per heavy atom. The molecule has 0 radical (unpaired) electrons. The fourth-order valence-corrected chi connectivity index (χ4v) is 4.89. The Labute approximate surface area is 214 Å². The zero-order chi connectivity index (χ0) is 26.6. The molecule has 2 aromatic carbocycles. The van der Waals surface area contributed by atoms with Crippen molar-refractivity contribution in [2.24, 2.45) is 0 Å². The first-order chi connectivity index (χ1) is 17.7. The molecule has 4 rings (SSSR count). The van der Waals surface area contributed by atoms with Crippen LogP contribution >= 0.6 is 0 Å². The van der Waals surface area contributed by atoms with E-state index in [0.29, 0.717) is 21.4 Å². The molecule has 1 unspecified atom stereocenters. The lowest BCUT2D eigenvalue weighted by Crippen LogP contribution is -2.43. The molecule has 1 fully saturated rings. The summed E-state index contributed by atoms with van der Waals surface area (Å²) in [5.74, 6) is -1.11. The van der Waals surface area contributed by atoms with Crippen molar-refractivity contribution in [2.45, 2.75) is 58.2 Å². The standard InChI is InChI=1S/C28H30F3N3O3/c1-3-9-22-13-5-6-15-33(22)26(35)21-12-7-10-19(16-21)20-11-8-14-23(17-20)34-25(28(29,30)31)24(18-32-34)27(36)37-4-2/h7-8,10-12,14,16-18,22H,3-6,9,13,15H2,1-2H3. The van der Waals surface area contributed by atoms with Crippen LogP contribution in [0, 0.1) is 0 Å². The predicted molar refractivity (Wildman–Crippen MR) is 134 cm³/mol. The highest BCUT2D eigenvalue weighted by Gasteiger charge is 2.41. The van der Waals surface area contributed by atoms with Gasteiger partial charge >= 0.3 is 12.1 Å². The van der Waals surface area contributed by atoms with Gasteiger partial charge in [0.1, 0.15) is 5.56 Å². The van der Waals surface area contributed by atoms with Crippen LogP contribution in [-0.4, -0.2) is 45.8 Å². The highest BCUT2D eigenvalue weighted by Crippen LogP contribution is 2.35. The van der Waals surface area contributed by atoms with Crippen LogP contribution in [0.1, 0.15) is 72.4 Å². The summed E-state index contributed by atoms with van der Waals surface area (Å²) >= 11 is 0. The van der Waals surface area contributed by atoms with Gasteiger partial charge in [-0.1, -0.05) is 37.6 Å². The third kappa shape index (κ3) is 5.70. The van der Waals surface area contributed by atoms with Gasteiger partial charge in [0.2, 0.25) is 0 Å². The minimum Gasteiger partial charge on any atom is -0.462 e. The van der Waals surface area contributed by atoms with E-state index in [1.807, 2.05) is 11.0 Å². The molecule has 1 amide bonds. The second-order valence-electron chi connectivity index (χ2n) is 9.10. The number of esters is 1. The molecule has 1 aliphatic heterocycles. The van der Waals surface area contributed by atoms with Crippen molar-refractivity contribution in [1.82, 2.24) is 14.7 Å². The minimum absolute atomic E-state index is 0.0262. The summed E-state index contributed by atoms with van der Waals surface area (Å²) in [5, 5.41) is 3.86. The highest BCUT2D eigenvalue weighted by atomic mass is 19.4. The van der Waals surface area contributed by atoms with Gasteiger partial charge in [-0.2, -0.15) is 18.3 Å². The number of amides is 1. The van der Waals surface area contributed by atoms with E-state index in [9.17, 15) is 22.8 Å². The Balaban J connectivity index is 1.68. The van der Waals surface area contributed by atoms with E-state index in [0.717, 1.165) is 44.8 Å². The van der Waals surface area contributed by atoms with Crippen molar-refractivity contribution in [3.63, 3.8) is 0 Å². The normalized spacial score (nSPS) is 16.0. The van der Waals surface area contributed by atoms with Crippen molar-refractivity contribution in [3.05, 3.63) is 71.5 Å². The molecular formula is C28H30F3N3O3. The number of carbonyl (C=O) groups excluding carboxylic acids is 2. The topological polar surface area (TPSA) is 64.4 Å². The van der Waals surface area contributed by atoms with Crippen LogP contribution in [0.3, 0.4) is 0 Å². The van der Waals surface area contributed by atoms with E-state index in [1.165, 1.54) is 13.0 Å². The van der Waals surface area contributed by atoms with E-state index in [2.05, 4.69) is 12.0 Å². The molecule has 0 aliphatic carbocycles. The van der Waals surface area contributed by atoms with Gasteiger partial charge in [-0.15, -0.1) is 0 Å². The number of rotatable bonds is 7. The van der Waals surface area contributed by atoms with Crippen LogP contribution in [0.15, 0.2) is 54.7 Å². The van der Waals surface area contributed by atoms with E-state index in [1.54, 1.807) is 36.4 Å². The smallest absolute Gasteiger partial charge is 0.434 e. The molecule has 2 heterocycles. The summed E-state index contributed by atoms with van der Waals surface area (Å²) in [4.78, 5) is 27.5. The molecule has 0 saturated carbocycles. The molecule has 1 aliphatic rings. The maximum Gasteiger partial charge on any atom is 0.434 e. The highest BCUT2D eigenvalue weighted by molar-refractivity contribution is 5.96. The molecule has 0 bridgehead atoms. The molecule has 196 valence electrons. The Morgan fingerprint density at radius 2 is 1.78 bits per heavy atom. The van der Waals surface area contributed by atoms with Crippen molar-refractivity contribution >= 4 is 11.9 Å². The molecule has 1 saturated heterocycles. The van der Waals surface area contributed by atoms with Crippen molar-refractivity contribution in [2.75, 3.05) is 13.2 Å². The largest absolute Gasteiger partial charge is 0.462 e.